The summed E-state index contributed by atoms with van der Waals surface area (Å²) in [5, 5.41) is 3.33. The molecule has 1 N–H and O–H groups in total. The van der Waals surface area contributed by atoms with Crippen molar-refractivity contribution in [3.05, 3.63) is 0 Å². The smallest absolute Gasteiger partial charge is 0.00408 e. The van der Waals surface area contributed by atoms with E-state index in [0.29, 0.717) is 11.5 Å². The lowest BCUT2D eigenvalue weighted by Gasteiger charge is -2.31. The minimum atomic E-state index is 0.485. The molecule has 0 aliphatic rings. The molecule has 1 heteroatoms. The van der Waals surface area contributed by atoms with E-state index in [-0.39, 0.29) is 0 Å². The SMILES string of the molecule is CCC(CC)CC(C)(C)CC(C)NC. The molecule has 0 saturated carbocycles. The molecule has 14 heavy (non-hydrogen) atoms. The normalized spacial score (nSPS) is 14.8. The number of hydrogen-bond donors (Lipinski definition) is 1. The van der Waals surface area contributed by atoms with E-state index in [1.165, 1.54) is 25.7 Å². The average Bonchev–Trinajstić information content (AvgIpc) is 2.13. The average molecular weight is 199 g/mol. The standard InChI is InChI=1S/C13H29N/c1-7-12(8-2)10-13(4,5)9-11(3)14-6/h11-12,14H,7-10H2,1-6H3. The first-order valence-electron chi connectivity index (χ1n) is 6.12. The predicted octanol–water partition coefficient (Wildman–Crippen LogP) is 3.84. The summed E-state index contributed by atoms with van der Waals surface area (Å²) in [6.45, 7) is 11.7. The van der Waals surface area contributed by atoms with Gasteiger partial charge in [-0.3, -0.25) is 0 Å². The fraction of sp³-hybridized carbons (Fsp3) is 1.00. The molecule has 0 heterocycles. The van der Waals surface area contributed by atoms with Crippen LogP contribution in [0.15, 0.2) is 0 Å². The third-order valence-corrected chi connectivity index (χ3v) is 3.35. The van der Waals surface area contributed by atoms with E-state index in [1.807, 2.05) is 0 Å². The van der Waals surface area contributed by atoms with E-state index in [1.54, 1.807) is 0 Å². The second-order valence-electron chi connectivity index (χ2n) is 5.44. The molecular formula is C13H29N. The lowest BCUT2D eigenvalue weighted by Crippen LogP contribution is -2.29. The van der Waals surface area contributed by atoms with Crippen molar-refractivity contribution in [2.24, 2.45) is 11.3 Å². The second-order valence-corrected chi connectivity index (χ2v) is 5.44. The first-order chi connectivity index (χ1) is 6.45. The summed E-state index contributed by atoms with van der Waals surface area (Å²) in [4.78, 5) is 0. The van der Waals surface area contributed by atoms with Crippen molar-refractivity contribution in [3.63, 3.8) is 0 Å². The highest BCUT2D eigenvalue weighted by Gasteiger charge is 2.23. The molecule has 0 amide bonds. The zero-order chi connectivity index (χ0) is 11.2. The Balaban J connectivity index is 4.04. The van der Waals surface area contributed by atoms with Crippen LogP contribution in [0.2, 0.25) is 0 Å². The van der Waals surface area contributed by atoms with E-state index in [4.69, 9.17) is 0 Å². The predicted molar refractivity (Wildman–Crippen MR) is 65.6 cm³/mol. The summed E-state index contributed by atoms with van der Waals surface area (Å²) in [7, 11) is 2.05. The summed E-state index contributed by atoms with van der Waals surface area (Å²) in [5.74, 6) is 0.911. The highest BCUT2D eigenvalue weighted by Crippen LogP contribution is 2.33. The lowest BCUT2D eigenvalue weighted by molar-refractivity contribution is 0.218. The first kappa shape index (κ1) is 14.0. The van der Waals surface area contributed by atoms with Crippen LogP contribution in [-0.4, -0.2) is 13.1 Å². The van der Waals surface area contributed by atoms with E-state index < -0.39 is 0 Å². The molecule has 0 rings (SSSR count). The molecule has 0 radical (unpaired) electrons. The van der Waals surface area contributed by atoms with Gasteiger partial charge in [-0.05, 0) is 38.1 Å². The molecule has 0 aliphatic carbocycles. The van der Waals surface area contributed by atoms with Crippen molar-refractivity contribution in [2.75, 3.05) is 7.05 Å². The van der Waals surface area contributed by atoms with Gasteiger partial charge in [0.2, 0.25) is 0 Å². The van der Waals surface area contributed by atoms with Gasteiger partial charge in [-0.15, -0.1) is 0 Å². The third kappa shape index (κ3) is 5.64. The molecule has 1 unspecified atom stereocenters. The Bertz CT molecular complexity index is 136. The number of rotatable bonds is 7. The summed E-state index contributed by atoms with van der Waals surface area (Å²) in [5.41, 5.74) is 0.485. The van der Waals surface area contributed by atoms with Crippen LogP contribution in [0.4, 0.5) is 0 Å². The topological polar surface area (TPSA) is 12.0 Å². The summed E-state index contributed by atoms with van der Waals surface area (Å²) < 4.78 is 0. The molecule has 0 aromatic heterocycles. The fourth-order valence-corrected chi connectivity index (χ4v) is 2.37. The Morgan fingerprint density at radius 2 is 1.57 bits per heavy atom. The summed E-state index contributed by atoms with van der Waals surface area (Å²) >= 11 is 0. The molecule has 1 nitrogen and oxygen atoms in total. The largest absolute Gasteiger partial charge is 0.317 e. The van der Waals surface area contributed by atoms with Crippen LogP contribution in [0, 0.1) is 11.3 Å². The molecule has 1 atom stereocenters. The van der Waals surface area contributed by atoms with Crippen LogP contribution in [0.1, 0.15) is 60.3 Å². The molecule has 0 aromatic carbocycles. The number of nitrogens with one attached hydrogen (secondary N) is 1. The Morgan fingerprint density at radius 3 is 1.93 bits per heavy atom. The monoisotopic (exact) mass is 199 g/mol. The van der Waals surface area contributed by atoms with Crippen LogP contribution in [0.25, 0.3) is 0 Å². The van der Waals surface area contributed by atoms with Gasteiger partial charge < -0.3 is 5.32 Å². The van der Waals surface area contributed by atoms with Gasteiger partial charge in [-0.2, -0.15) is 0 Å². The third-order valence-electron chi connectivity index (χ3n) is 3.35. The lowest BCUT2D eigenvalue weighted by atomic mass is 9.77. The van der Waals surface area contributed by atoms with Gasteiger partial charge in [0.1, 0.15) is 0 Å². The van der Waals surface area contributed by atoms with Crippen LogP contribution in [-0.2, 0) is 0 Å². The number of hydrogen-bond acceptors (Lipinski definition) is 1. The molecular weight excluding hydrogens is 170 g/mol. The van der Waals surface area contributed by atoms with E-state index in [2.05, 4.69) is 47.0 Å². The van der Waals surface area contributed by atoms with Crippen LogP contribution >= 0.6 is 0 Å². The van der Waals surface area contributed by atoms with E-state index >= 15 is 0 Å². The fourth-order valence-electron chi connectivity index (χ4n) is 2.37. The van der Waals surface area contributed by atoms with Gasteiger partial charge in [0.25, 0.3) is 0 Å². The maximum Gasteiger partial charge on any atom is 0.00408 e. The second kappa shape index (κ2) is 6.44. The van der Waals surface area contributed by atoms with Crippen molar-refractivity contribution < 1.29 is 0 Å². The van der Waals surface area contributed by atoms with Gasteiger partial charge in [0, 0.05) is 6.04 Å². The maximum absolute atomic E-state index is 3.33. The van der Waals surface area contributed by atoms with Crippen molar-refractivity contribution in [1.29, 1.82) is 0 Å². The first-order valence-corrected chi connectivity index (χ1v) is 6.12. The zero-order valence-electron chi connectivity index (χ0n) is 11.0. The van der Waals surface area contributed by atoms with E-state index in [0.717, 1.165) is 5.92 Å². The quantitative estimate of drug-likeness (QED) is 0.657. The van der Waals surface area contributed by atoms with Crippen LogP contribution in [0.5, 0.6) is 0 Å². The Morgan fingerprint density at radius 1 is 1.07 bits per heavy atom. The minimum absolute atomic E-state index is 0.485. The highest BCUT2D eigenvalue weighted by atomic mass is 14.9. The van der Waals surface area contributed by atoms with Crippen molar-refractivity contribution in [2.45, 2.75) is 66.3 Å². The minimum Gasteiger partial charge on any atom is -0.317 e. The van der Waals surface area contributed by atoms with E-state index in [9.17, 15) is 0 Å². The Hall–Kier alpha value is -0.0400. The molecule has 0 aromatic rings. The molecule has 0 fully saturated rings. The zero-order valence-corrected chi connectivity index (χ0v) is 11.0. The summed E-state index contributed by atoms with van der Waals surface area (Å²) in [6, 6.07) is 0.638. The van der Waals surface area contributed by atoms with Crippen molar-refractivity contribution >= 4 is 0 Å². The van der Waals surface area contributed by atoms with Gasteiger partial charge >= 0.3 is 0 Å². The molecule has 0 bridgehead atoms. The molecule has 86 valence electrons. The molecule has 0 aliphatic heterocycles. The molecule has 0 saturated heterocycles. The maximum atomic E-state index is 3.33. The van der Waals surface area contributed by atoms with Crippen LogP contribution in [0.3, 0.4) is 0 Å². The summed E-state index contributed by atoms with van der Waals surface area (Å²) in [6.07, 6.45) is 5.30. The Kier molecular flexibility index (Phi) is 6.43. The van der Waals surface area contributed by atoms with Crippen LogP contribution < -0.4 is 5.32 Å². The molecule has 0 spiro atoms. The van der Waals surface area contributed by atoms with Crippen molar-refractivity contribution in [3.8, 4) is 0 Å². The van der Waals surface area contributed by atoms with Crippen molar-refractivity contribution in [1.82, 2.24) is 5.32 Å². The van der Waals surface area contributed by atoms with Gasteiger partial charge in [0.05, 0.1) is 0 Å². The Labute approximate surface area is 90.7 Å². The van der Waals surface area contributed by atoms with Gasteiger partial charge in [-0.25, -0.2) is 0 Å². The van der Waals surface area contributed by atoms with Gasteiger partial charge in [0.15, 0.2) is 0 Å². The highest BCUT2D eigenvalue weighted by molar-refractivity contribution is 4.77. The van der Waals surface area contributed by atoms with Gasteiger partial charge in [-0.1, -0.05) is 40.5 Å².